The maximum atomic E-state index is 14.2. The number of imidazole rings is 1. The van der Waals surface area contributed by atoms with Crippen LogP contribution in [0.25, 0.3) is 61.0 Å². The number of anilines is 3. The van der Waals surface area contributed by atoms with Crippen LogP contribution in [0.2, 0.25) is 0 Å². The number of rotatable bonds is 4. The van der Waals surface area contributed by atoms with Gasteiger partial charge in [0.05, 0.1) is 16.6 Å². The average Bonchev–Trinajstić information content (AvgIpc) is 3.77. The molecule has 0 aliphatic carbocycles. The summed E-state index contributed by atoms with van der Waals surface area (Å²) >= 11 is 0. The molecule has 0 spiro atoms. The van der Waals surface area contributed by atoms with E-state index >= 15 is 0 Å². The monoisotopic (exact) mass is 904 g/mol. The molecule has 0 amide bonds. The van der Waals surface area contributed by atoms with E-state index in [0.29, 0.717) is 17.2 Å². The minimum absolute atomic E-state index is 0. The summed E-state index contributed by atoms with van der Waals surface area (Å²) in [6, 6.07) is 47.8. The van der Waals surface area contributed by atoms with Crippen LogP contribution in [-0.2, 0) is 32.7 Å². The van der Waals surface area contributed by atoms with E-state index in [-0.39, 0.29) is 21.1 Å². The van der Waals surface area contributed by atoms with Crippen molar-refractivity contribution in [2.24, 2.45) is 0 Å². The zero-order valence-corrected chi connectivity index (χ0v) is 31.8. The zero-order chi connectivity index (χ0) is 36.8. The summed E-state index contributed by atoms with van der Waals surface area (Å²) in [6.45, 7) is 4.08. The van der Waals surface area contributed by atoms with Gasteiger partial charge in [-0.25, -0.2) is 9.97 Å². The summed E-state index contributed by atoms with van der Waals surface area (Å²) in [6.07, 6.45) is -2.86. The van der Waals surface area contributed by atoms with E-state index in [1.807, 2.05) is 80.6 Å². The largest absolute Gasteiger partial charge is 2.00 e. The van der Waals surface area contributed by atoms with Crippen LogP contribution < -0.4 is 9.88 Å². The van der Waals surface area contributed by atoms with E-state index in [1.54, 1.807) is 23.2 Å². The smallest absolute Gasteiger partial charge is 0.656 e. The third-order valence-electron chi connectivity index (χ3n) is 10.6. The van der Waals surface area contributed by atoms with Gasteiger partial charge in [-0.2, -0.15) is 13.2 Å². The molecule has 9 aromatic rings. The summed E-state index contributed by atoms with van der Waals surface area (Å²) in [5.41, 5.74) is 8.33. The molecule has 0 saturated carbocycles. The van der Waals surface area contributed by atoms with E-state index in [4.69, 9.17) is 9.97 Å². The van der Waals surface area contributed by atoms with Gasteiger partial charge >= 0.3 is 27.2 Å². The third kappa shape index (κ3) is 5.42. The molecule has 5 nitrogen and oxygen atoms in total. The number of hydrogen-bond donors (Lipinski definition) is 0. The Hall–Kier alpha value is -5.98. The molecule has 1 aliphatic rings. The fraction of sp³-hybridized carbons (Fsp3) is 0.0870. The van der Waals surface area contributed by atoms with Crippen molar-refractivity contribution in [1.29, 1.82) is 0 Å². The molecule has 55 heavy (non-hydrogen) atoms. The molecule has 0 saturated heterocycles. The molecule has 0 atom stereocenters. The molecule has 9 heteroatoms. The van der Waals surface area contributed by atoms with Crippen molar-refractivity contribution in [2.45, 2.75) is 25.4 Å². The van der Waals surface area contributed by atoms with E-state index in [1.165, 1.54) is 6.07 Å². The Balaban J connectivity index is 0.00000397. The van der Waals surface area contributed by atoms with Crippen LogP contribution >= 0.6 is 0 Å². The second-order valence-electron chi connectivity index (χ2n) is 14.1. The van der Waals surface area contributed by atoms with Gasteiger partial charge in [0.2, 0.25) is 0 Å². The van der Waals surface area contributed by atoms with Gasteiger partial charge in [-0.1, -0.05) is 110 Å². The summed E-state index contributed by atoms with van der Waals surface area (Å²) in [5.74, 6) is 1.25. The average molecular weight is 905 g/mol. The van der Waals surface area contributed by atoms with E-state index in [0.717, 1.165) is 78.2 Å². The van der Waals surface area contributed by atoms with Crippen molar-refractivity contribution in [3.8, 4) is 28.2 Å². The normalized spacial score (nSPS) is 13.5. The minimum atomic E-state index is -4.51. The number of benzene rings is 6. The van der Waals surface area contributed by atoms with Crippen molar-refractivity contribution in [3.05, 3.63) is 168 Å². The van der Waals surface area contributed by atoms with Gasteiger partial charge in [-0.3, -0.25) is 4.57 Å². The van der Waals surface area contributed by atoms with E-state index in [2.05, 4.69) is 64.1 Å². The second kappa shape index (κ2) is 12.8. The van der Waals surface area contributed by atoms with Gasteiger partial charge in [-0.15, -0.1) is 34.8 Å². The van der Waals surface area contributed by atoms with Gasteiger partial charge in [0.1, 0.15) is 11.6 Å². The first kappa shape index (κ1) is 34.8. The minimum Gasteiger partial charge on any atom is -0.656 e. The van der Waals surface area contributed by atoms with Gasteiger partial charge in [-0.05, 0) is 69.9 Å². The van der Waals surface area contributed by atoms with Crippen molar-refractivity contribution in [1.82, 2.24) is 19.5 Å². The van der Waals surface area contributed by atoms with Crippen molar-refractivity contribution >= 4 is 50.0 Å². The quantitative estimate of drug-likeness (QED) is 0.165. The number of halogens is 3. The van der Waals surface area contributed by atoms with Crippen LogP contribution in [0.4, 0.5) is 30.4 Å². The molecule has 270 valence electrons. The van der Waals surface area contributed by atoms with Crippen LogP contribution in [0, 0.1) is 6.07 Å². The number of aromatic nitrogens is 4. The number of para-hydroxylation sites is 4. The van der Waals surface area contributed by atoms with Gasteiger partial charge in [0.15, 0.2) is 0 Å². The number of fused-ring (bicyclic) bond motifs is 6. The van der Waals surface area contributed by atoms with Crippen molar-refractivity contribution in [3.63, 3.8) is 0 Å². The fourth-order valence-corrected chi connectivity index (χ4v) is 8.05. The predicted octanol–water partition coefficient (Wildman–Crippen LogP) is 11.9. The first-order valence-electron chi connectivity index (χ1n) is 17.7. The standard InChI is InChI=1S/C46H30F3N5.Pt/c1-45(2)35-23-21-28(26-39(35)54(41-20-8-9-25-50-41)40-27-29(46(47,48)49)22-24-36(40)45)31-15-11-19-38-43(31)52-44(53(38)30-12-4-3-5-13-30)34-17-10-16-33-32-14-6-7-18-37(32)51-42(33)34;/h3-25,27H,1-2H3;/q-2;+2. The second-order valence-corrected chi connectivity index (χ2v) is 14.1. The molecular weight excluding hydrogens is 875 g/mol. The Labute approximate surface area is 329 Å². The molecule has 0 radical (unpaired) electrons. The number of hydrogen-bond acceptors (Lipinski definition) is 3. The maximum absolute atomic E-state index is 14.2. The summed E-state index contributed by atoms with van der Waals surface area (Å²) in [5, 5.41) is 2.15. The molecule has 10 rings (SSSR count). The zero-order valence-electron chi connectivity index (χ0n) is 29.5. The van der Waals surface area contributed by atoms with Crippen LogP contribution in [0.15, 0.2) is 146 Å². The Morgan fingerprint density at radius 3 is 2.24 bits per heavy atom. The first-order valence-corrected chi connectivity index (χ1v) is 17.7. The van der Waals surface area contributed by atoms with E-state index < -0.39 is 17.2 Å². The van der Waals surface area contributed by atoms with Crippen LogP contribution in [0.3, 0.4) is 0 Å². The molecule has 0 fully saturated rings. The maximum Gasteiger partial charge on any atom is 2.00 e. The van der Waals surface area contributed by atoms with Gasteiger partial charge < -0.3 is 9.88 Å². The molecule has 1 aliphatic heterocycles. The molecule has 0 bridgehead atoms. The molecule has 3 aromatic heterocycles. The molecule has 6 aromatic carbocycles. The van der Waals surface area contributed by atoms with Crippen LogP contribution in [-0.4, -0.2) is 14.5 Å². The number of alkyl halides is 3. The van der Waals surface area contributed by atoms with Crippen molar-refractivity contribution in [2.75, 3.05) is 4.90 Å². The molecular formula is C46H30F3N5Pt. The van der Waals surface area contributed by atoms with Crippen LogP contribution in [0.5, 0.6) is 0 Å². The van der Waals surface area contributed by atoms with Gasteiger partial charge in [0.25, 0.3) is 0 Å². The Kier molecular flexibility index (Phi) is 8.10. The summed E-state index contributed by atoms with van der Waals surface area (Å²) in [7, 11) is 0. The Morgan fingerprint density at radius 2 is 1.44 bits per heavy atom. The molecule has 0 N–H and O–H groups in total. The third-order valence-corrected chi connectivity index (χ3v) is 10.6. The topological polar surface area (TPSA) is 48.1 Å². The predicted molar refractivity (Wildman–Crippen MR) is 209 cm³/mol. The van der Waals surface area contributed by atoms with Gasteiger partial charge in [0, 0.05) is 23.1 Å². The molecule has 0 unspecified atom stereocenters. The Morgan fingerprint density at radius 1 is 0.709 bits per heavy atom. The fourth-order valence-electron chi connectivity index (χ4n) is 8.05. The Bertz CT molecular complexity index is 2910. The molecule has 4 heterocycles. The summed E-state index contributed by atoms with van der Waals surface area (Å²) in [4.78, 5) is 16.9. The van der Waals surface area contributed by atoms with E-state index in [9.17, 15) is 13.2 Å². The number of pyridine rings is 1. The van der Waals surface area contributed by atoms with Crippen molar-refractivity contribution < 1.29 is 34.2 Å². The SMILES string of the molecule is CC1(C)c2ccc(-c3cccc4c3nc(-c3cccc5c3[n-]c3ccccc35)n4-c3ccccc3)[c-]c2N(c2ccccn2)c2cc(C(F)(F)F)ccc21.[Pt+2]. The van der Waals surface area contributed by atoms with Crippen LogP contribution in [0.1, 0.15) is 30.5 Å². The summed E-state index contributed by atoms with van der Waals surface area (Å²) < 4.78 is 44.7. The first-order chi connectivity index (χ1) is 26.2. The number of nitrogens with zero attached hydrogens (tertiary/aromatic N) is 5.